The van der Waals surface area contributed by atoms with Crippen molar-refractivity contribution in [2.24, 2.45) is 5.92 Å². The molecule has 0 radical (unpaired) electrons. The zero-order chi connectivity index (χ0) is 13.0. The summed E-state index contributed by atoms with van der Waals surface area (Å²) in [5.41, 5.74) is 0. The largest absolute Gasteiger partial charge is 0.319 e. The predicted octanol–water partition coefficient (Wildman–Crippen LogP) is 3.34. The van der Waals surface area contributed by atoms with Crippen molar-refractivity contribution < 1.29 is 8.78 Å². The second kappa shape index (κ2) is 6.27. The van der Waals surface area contributed by atoms with Crippen LogP contribution >= 0.6 is 0 Å². The van der Waals surface area contributed by atoms with E-state index in [4.69, 9.17) is 0 Å². The lowest BCUT2D eigenvalue weighted by atomic mass is 9.84. The van der Waals surface area contributed by atoms with Gasteiger partial charge in [-0.2, -0.15) is 8.78 Å². The fourth-order valence-electron chi connectivity index (χ4n) is 2.71. The minimum atomic E-state index is -2.51. The number of hydrogen-bond acceptors (Lipinski definition) is 2. The number of aromatic nitrogens is 2. The van der Waals surface area contributed by atoms with E-state index in [1.807, 2.05) is 0 Å². The Bertz CT molecular complexity index is 359. The van der Waals surface area contributed by atoms with Gasteiger partial charge in [-0.3, -0.25) is 4.57 Å². The summed E-state index contributed by atoms with van der Waals surface area (Å²) in [5.74, 6) is 1.08. The molecule has 1 aliphatic carbocycles. The zero-order valence-corrected chi connectivity index (χ0v) is 10.8. The summed E-state index contributed by atoms with van der Waals surface area (Å²) in [6, 6.07) is 0.369. The van der Waals surface area contributed by atoms with Gasteiger partial charge in [0.15, 0.2) is 0 Å². The Morgan fingerprint density at radius 2 is 2.11 bits per heavy atom. The van der Waals surface area contributed by atoms with Crippen LogP contribution in [0.4, 0.5) is 8.78 Å². The summed E-state index contributed by atoms with van der Waals surface area (Å²) in [7, 11) is 0. The highest BCUT2D eigenvalue weighted by atomic mass is 19.3. The molecule has 0 saturated heterocycles. The average Bonchev–Trinajstić information content (AvgIpc) is 2.85. The van der Waals surface area contributed by atoms with Gasteiger partial charge in [-0.05, 0) is 25.7 Å². The molecule has 1 aromatic rings. The van der Waals surface area contributed by atoms with E-state index in [1.54, 1.807) is 0 Å². The van der Waals surface area contributed by atoms with Crippen LogP contribution in [-0.2, 0) is 6.54 Å². The molecule has 5 heteroatoms. The molecule has 1 fully saturated rings. The standard InChI is InChI=1S/C13H21F2N3/c1-10(11-5-3-2-4-6-11)17-9-12-16-7-8-18(12)13(14)15/h7-8,10-11,13,17H,2-6,9H2,1H3. The third kappa shape index (κ3) is 3.28. The van der Waals surface area contributed by atoms with Gasteiger partial charge in [0, 0.05) is 18.4 Å². The molecule has 1 aliphatic rings. The molecule has 1 N–H and O–H groups in total. The molecule has 18 heavy (non-hydrogen) atoms. The fourth-order valence-corrected chi connectivity index (χ4v) is 2.71. The lowest BCUT2D eigenvalue weighted by Gasteiger charge is -2.28. The van der Waals surface area contributed by atoms with Crippen LogP contribution in [0.15, 0.2) is 12.4 Å². The van der Waals surface area contributed by atoms with E-state index in [9.17, 15) is 8.78 Å². The minimum Gasteiger partial charge on any atom is -0.307 e. The third-order valence-corrected chi connectivity index (χ3v) is 3.90. The van der Waals surface area contributed by atoms with Gasteiger partial charge in [0.05, 0.1) is 6.54 Å². The summed E-state index contributed by atoms with van der Waals surface area (Å²) in [4.78, 5) is 3.97. The van der Waals surface area contributed by atoms with Crippen molar-refractivity contribution in [1.29, 1.82) is 0 Å². The highest BCUT2D eigenvalue weighted by Crippen LogP contribution is 2.26. The zero-order valence-electron chi connectivity index (χ0n) is 10.8. The first-order valence-corrected chi connectivity index (χ1v) is 6.71. The summed E-state index contributed by atoms with van der Waals surface area (Å²) in [6.07, 6.45) is 9.17. The first-order valence-electron chi connectivity index (χ1n) is 6.71. The van der Waals surface area contributed by atoms with Crippen LogP contribution in [0.1, 0.15) is 51.4 Å². The van der Waals surface area contributed by atoms with Crippen LogP contribution in [-0.4, -0.2) is 15.6 Å². The first-order chi connectivity index (χ1) is 8.68. The Balaban J connectivity index is 1.84. The van der Waals surface area contributed by atoms with Crippen molar-refractivity contribution in [3.8, 4) is 0 Å². The maximum absolute atomic E-state index is 12.6. The normalized spacial score (nSPS) is 19.3. The molecule has 0 aromatic carbocycles. The topological polar surface area (TPSA) is 29.9 Å². The van der Waals surface area contributed by atoms with Gasteiger partial charge in [-0.25, -0.2) is 4.98 Å². The van der Waals surface area contributed by atoms with Crippen molar-refractivity contribution >= 4 is 0 Å². The number of hydrogen-bond donors (Lipinski definition) is 1. The Labute approximate surface area is 107 Å². The van der Waals surface area contributed by atoms with Crippen molar-refractivity contribution in [2.45, 2.75) is 58.2 Å². The van der Waals surface area contributed by atoms with Crippen molar-refractivity contribution in [3.05, 3.63) is 18.2 Å². The Morgan fingerprint density at radius 3 is 2.78 bits per heavy atom. The molecule has 1 saturated carbocycles. The molecular formula is C13H21F2N3. The Hall–Kier alpha value is -0.970. The van der Waals surface area contributed by atoms with E-state index in [0.29, 0.717) is 24.3 Å². The molecule has 0 spiro atoms. The molecule has 1 aromatic heterocycles. The van der Waals surface area contributed by atoms with E-state index in [1.165, 1.54) is 44.5 Å². The lowest BCUT2D eigenvalue weighted by molar-refractivity contribution is 0.0663. The van der Waals surface area contributed by atoms with Crippen LogP contribution < -0.4 is 5.32 Å². The van der Waals surface area contributed by atoms with Crippen molar-refractivity contribution in [3.63, 3.8) is 0 Å². The van der Waals surface area contributed by atoms with E-state index < -0.39 is 6.55 Å². The summed E-state index contributed by atoms with van der Waals surface area (Å²) >= 11 is 0. The Morgan fingerprint density at radius 1 is 1.39 bits per heavy atom. The molecule has 102 valence electrons. The maximum atomic E-state index is 12.6. The number of alkyl halides is 2. The smallest absolute Gasteiger partial charge is 0.307 e. The second-order valence-electron chi connectivity index (χ2n) is 5.10. The molecule has 0 amide bonds. The summed E-state index contributed by atoms with van der Waals surface area (Å²) < 4.78 is 26.2. The molecule has 0 bridgehead atoms. The molecule has 1 unspecified atom stereocenters. The van der Waals surface area contributed by atoms with Gasteiger partial charge >= 0.3 is 6.55 Å². The summed E-state index contributed by atoms with van der Waals surface area (Å²) in [5, 5.41) is 3.33. The number of nitrogens with zero attached hydrogens (tertiary/aromatic N) is 2. The van der Waals surface area contributed by atoms with Crippen LogP contribution in [0.25, 0.3) is 0 Å². The fraction of sp³-hybridized carbons (Fsp3) is 0.769. The summed E-state index contributed by atoms with van der Waals surface area (Å²) in [6.45, 7) is 0.0509. The maximum Gasteiger partial charge on any atom is 0.319 e. The molecule has 1 heterocycles. The number of halogens is 2. The predicted molar refractivity (Wildman–Crippen MR) is 66.4 cm³/mol. The monoisotopic (exact) mass is 257 g/mol. The van der Waals surface area contributed by atoms with Crippen LogP contribution in [0.5, 0.6) is 0 Å². The van der Waals surface area contributed by atoms with Gasteiger partial charge in [0.2, 0.25) is 0 Å². The number of rotatable bonds is 5. The van der Waals surface area contributed by atoms with E-state index in [-0.39, 0.29) is 0 Å². The van der Waals surface area contributed by atoms with Crippen molar-refractivity contribution in [1.82, 2.24) is 14.9 Å². The molecule has 3 nitrogen and oxygen atoms in total. The van der Waals surface area contributed by atoms with E-state index >= 15 is 0 Å². The lowest BCUT2D eigenvalue weighted by Crippen LogP contribution is -2.35. The van der Waals surface area contributed by atoms with Gasteiger partial charge in [-0.1, -0.05) is 19.3 Å². The number of imidazole rings is 1. The van der Waals surface area contributed by atoms with Crippen LogP contribution in [0.2, 0.25) is 0 Å². The number of nitrogens with one attached hydrogen (secondary N) is 1. The SMILES string of the molecule is CC(NCc1nccn1C(F)F)C1CCCCC1. The molecule has 1 atom stereocenters. The first kappa shape index (κ1) is 13.5. The third-order valence-electron chi connectivity index (χ3n) is 3.90. The van der Waals surface area contributed by atoms with Gasteiger partial charge < -0.3 is 5.32 Å². The molecule has 0 aliphatic heterocycles. The van der Waals surface area contributed by atoms with E-state index in [0.717, 1.165) is 4.57 Å². The Kier molecular flexibility index (Phi) is 4.69. The second-order valence-corrected chi connectivity index (χ2v) is 5.10. The van der Waals surface area contributed by atoms with E-state index in [2.05, 4.69) is 17.2 Å². The average molecular weight is 257 g/mol. The van der Waals surface area contributed by atoms with Crippen LogP contribution in [0, 0.1) is 5.92 Å². The highest BCUT2D eigenvalue weighted by molar-refractivity contribution is 4.93. The molecular weight excluding hydrogens is 236 g/mol. The molecule has 2 rings (SSSR count). The minimum absolute atomic E-state index is 0.369. The highest BCUT2D eigenvalue weighted by Gasteiger charge is 2.20. The van der Waals surface area contributed by atoms with Gasteiger partial charge in [0.1, 0.15) is 5.82 Å². The van der Waals surface area contributed by atoms with Crippen LogP contribution in [0.3, 0.4) is 0 Å². The van der Waals surface area contributed by atoms with Gasteiger partial charge in [-0.15, -0.1) is 0 Å². The van der Waals surface area contributed by atoms with Crippen molar-refractivity contribution in [2.75, 3.05) is 0 Å². The van der Waals surface area contributed by atoms with Gasteiger partial charge in [0.25, 0.3) is 0 Å². The quantitative estimate of drug-likeness (QED) is 0.876.